The molecule has 1 aromatic heterocycles. The van der Waals surface area contributed by atoms with E-state index in [4.69, 9.17) is 4.98 Å². The molecule has 1 amide bonds. The van der Waals surface area contributed by atoms with Crippen LogP contribution in [0.5, 0.6) is 0 Å². The molecular formula is C20H24FN3O. The average molecular weight is 341 g/mol. The van der Waals surface area contributed by atoms with Gasteiger partial charge in [0.25, 0.3) is 5.91 Å². The van der Waals surface area contributed by atoms with Crippen molar-refractivity contribution in [2.24, 2.45) is 0 Å². The molecule has 1 aromatic carbocycles. The van der Waals surface area contributed by atoms with E-state index in [0.29, 0.717) is 5.69 Å². The molecular weight excluding hydrogens is 317 g/mol. The number of piperidine rings is 1. The highest BCUT2D eigenvalue weighted by Crippen LogP contribution is 2.28. The fourth-order valence-corrected chi connectivity index (χ4v) is 3.96. The van der Waals surface area contributed by atoms with Gasteiger partial charge in [-0.2, -0.15) is 0 Å². The van der Waals surface area contributed by atoms with Crippen molar-refractivity contribution in [2.45, 2.75) is 51.5 Å². The molecule has 25 heavy (non-hydrogen) atoms. The average Bonchev–Trinajstić information content (AvgIpc) is 2.84. The molecule has 132 valence electrons. The summed E-state index contributed by atoms with van der Waals surface area (Å²) in [5, 5.41) is 0. The van der Waals surface area contributed by atoms with Gasteiger partial charge in [-0.15, -0.1) is 0 Å². The highest BCUT2D eigenvalue weighted by molar-refractivity contribution is 5.94. The number of carbonyl (C=O) groups is 1. The zero-order valence-electron chi connectivity index (χ0n) is 14.5. The van der Waals surface area contributed by atoms with Crippen molar-refractivity contribution < 1.29 is 9.18 Å². The van der Waals surface area contributed by atoms with Gasteiger partial charge in [0.1, 0.15) is 17.3 Å². The van der Waals surface area contributed by atoms with E-state index in [0.717, 1.165) is 68.8 Å². The predicted molar refractivity (Wildman–Crippen MR) is 94.9 cm³/mol. The molecule has 5 heteroatoms. The normalized spacial score (nSPS) is 17.9. The lowest BCUT2D eigenvalue weighted by atomic mass is 10.1. The van der Waals surface area contributed by atoms with Gasteiger partial charge in [-0.1, -0.05) is 6.42 Å². The molecule has 4 nitrogen and oxygen atoms in total. The second-order valence-corrected chi connectivity index (χ2v) is 7.05. The first-order valence-electron chi connectivity index (χ1n) is 9.38. The van der Waals surface area contributed by atoms with E-state index >= 15 is 0 Å². The van der Waals surface area contributed by atoms with E-state index in [9.17, 15) is 9.18 Å². The molecule has 1 saturated heterocycles. The molecule has 0 N–H and O–H groups in total. The van der Waals surface area contributed by atoms with E-state index in [-0.39, 0.29) is 11.7 Å². The molecule has 2 aromatic rings. The molecule has 4 rings (SSSR count). The first-order valence-corrected chi connectivity index (χ1v) is 9.38. The molecule has 2 aliphatic rings. The number of carbonyl (C=O) groups excluding carboxylic acids is 1. The van der Waals surface area contributed by atoms with Gasteiger partial charge in [0, 0.05) is 25.2 Å². The fourth-order valence-electron chi connectivity index (χ4n) is 3.96. The Bertz CT molecular complexity index is 760. The smallest absolute Gasteiger partial charge is 0.274 e. The first-order chi connectivity index (χ1) is 12.2. The Kier molecular flexibility index (Phi) is 4.55. The minimum Gasteiger partial charge on any atom is -0.337 e. The van der Waals surface area contributed by atoms with Crippen molar-refractivity contribution in [1.82, 2.24) is 14.5 Å². The Morgan fingerprint density at radius 2 is 1.60 bits per heavy atom. The number of benzene rings is 1. The van der Waals surface area contributed by atoms with Crippen LogP contribution in [-0.4, -0.2) is 33.4 Å². The largest absolute Gasteiger partial charge is 0.337 e. The van der Waals surface area contributed by atoms with E-state index in [2.05, 4.69) is 4.57 Å². The Hall–Kier alpha value is -2.17. The summed E-state index contributed by atoms with van der Waals surface area (Å²) in [5.41, 5.74) is 2.55. The van der Waals surface area contributed by atoms with Crippen molar-refractivity contribution in [3.05, 3.63) is 41.5 Å². The zero-order valence-corrected chi connectivity index (χ0v) is 14.5. The molecule has 1 fully saturated rings. The quantitative estimate of drug-likeness (QED) is 0.827. The highest BCUT2D eigenvalue weighted by Gasteiger charge is 2.28. The van der Waals surface area contributed by atoms with E-state index < -0.39 is 0 Å². The van der Waals surface area contributed by atoms with Crippen LogP contribution in [-0.2, 0) is 13.0 Å². The van der Waals surface area contributed by atoms with Gasteiger partial charge < -0.3 is 9.47 Å². The maximum atomic E-state index is 13.3. The first kappa shape index (κ1) is 16.3. The van der Waals surface area contributed by atoms with Crippen molar-refractivity contribution >= 4 is 5.91 Å². The fraction of sp³-hybridized carbons (Fsp3) is 0.500. The van der Waals surface area contributed by atoms with Gasteiger partial charge in [-0.05, 0) is 62.8 Å². The molecule has 0 radical (unpaired) electrons. The number of fused-ring (bicyclic) bond motifs is 1. The van der Waals surface area contributed by atoms with E-state index in [1.807, 2.05) is 4.90 Å². The number of hydrogen-bond acceptors (Lipinski definition) is 2. The number of likely N-dealkylation sites (tertiary alicyclic amines) is 1. The summed E-state index contributed by atoms with van der Waals surface area (Å²) < 4.78 is 15.5. The van der Waals surface area contributed by atoms with Crippen LogP contribution in [0, 0.1) is 5.82 Å². The van der Waals surface area contributed by atoms with Crippen LogP contribution >= 0.6 is 0 Å². The summed E-state index contributed by atoms with van der Waals surface area (Å²) in [6.45, 7) is 2.54. The lowest BCUT2D eigenvalue weighted by Gasteiger charge is -2.26. The number of rotatable bonds is 2. The Balaban J connectivity index is 1.76. The highest BCUT2D eigenvalue weighted by atomic mass is 19.1. The minimum atomic E-state index is -0.254. The SMILES string of the molecule is O=C(c1nc(-c2ccc(F)cc2)n2c1CCCCC2)N1CCCCC1. The third kappa shape index (κ3) is 3.20. The molecule has 0 spiro atoms. The maximum absolute atomic E-state index is 13.3. The number of hydrogen-bond donors (Lipinski definition) is 0. The molecule has 0 saturated carbocycles. The van der Waals surface area contributed by atoms with Gasteiger partial charge in [0.15, 0.2) is 0 Å². The number of aromatic nitrogens is 2. The lowest BCUT2D eigenvalue weighted by molar-refractivity contribution is 0.0717. The van der Waals surface area contributed by atoms with Crippen LogP contribution < -0.4 is 0 Å². The van der Waals surface area contributed by atoms with Gasteiger partial charge in [-0.25, -0.2) is 9.37 Å². The molecule has 0 atom stereocenters. The van der Waals surface area contributed by atoms with E-state index in [1.54, 1.807) is 12.1 Å². The summed E-state index contributed by atoms with van der Waals surface area (Å²) in [7, 11) is 0. The topological polar surface area (TPSA) is 38.1 Å². The molecule has 0 unspecified atom stereocenters. The maximum Gasteiger partial charge on any atom is 0.274 e. The standard InChI is InChI=1S/C20H24FN3O/c21-16-10-8-15(9-11-16)19-22-18(17-7-3-1-6-14-24(17)19)20(25)23-12-4-2-5-13-23/h8-11H,1-7,12-14H2. The lowest BCUT2D eigenvalue weighted by Crippen LogP contribution is -2.36. The number of halogens is 1. The summed E-state index contributed by atoms with van der Waals surface area (Å²) in [5.74, 6) is 0.618. The van der Waals surface area contributed by atoms with Crippen LogP contribution in [0.4, 0.5) is 4.39 Å². The molecule has 2 aliphatic heterocycles. The third-order valence-corrected chi connectivity index (χ3v) is 5.32. The second-order valence-electron chi connectivity index (χ2n) is 7.05. The summed E-state index contributed by atoms with van der Waals surface area (Å²) in [6.07, 6.45) is 7.60. The van der Waals surface area contributed by atoms with Gasteiger partial charge in [-0.3, -0.25) is 4.79 Å². The van der Waals surface area contributed by atoms with E-state index in [1.165, 1.54) is 25.0 Å². The Morgan fingerprint density at radius 1 is 0.920 bits per heavy atom. The number of amides is 1. The van der Waals surface area contributed by atoms with Crippen molar-refractivity contribution in [1.29, 1.82) is 0 Å². The van der Waals surface area contributed by atoms with Gasteiger partial charge in [0.2, 0.25) is 0 Å². The van der Waals surface area contributed by atoms with Crippen LogP contribution in [0.1, 0.15) is 54.7 Å². The number of imidazole rings is 1. The zero-order chi connectivity index (χ0) is 17.2. The molecule has 0 bridgehead atoms. The van der Waals surface area contributed by atoms with Crippen LogP contribution in [0.15, 0.2) is 24.3 Å². The van der Waals surface area contributed by atoms with Crippen molar-refractivity contribution in [3.8, 4) is 11.4 Å². The van der Waals surface area contributed by atoms with Crippen molar-refractivity contribution in [3.63, 3.8) is 0 Å². The molecule has 0 aliphatic carbocycles. The summed E-state index contributed by atoms with van der Waals surface area (Å²) in [6, 6.07) is 6.43. The van der Waals surface area contributed by atoms with Gasteiger partial charge in [0.05, 0.1) is 5.69 Å². The third-order valence-electron chi connectivity index (χ3n) is 5.32. The minimum absolute atomic E-state index is 0.0683. The number of nitrogens with zero attached hydrogens (tertiary/aromatic N) is 3. The second kappa shape index (κ2) is 6.98. The van der Waals surface area contributed by atoms with Crippen LogP contribution in [0.2, 0.25) is 0 Å². The predicted octanol–water partition coefficient (Wildman–Crippen LogP) is 4.04. The van der Waals surface area contributed by atoms with Crippen molar-refractivity contribution in [2.75, 3.05) is 13.1 Å². The van der Waals surface area contributed by atoms with Gasteiger partial charge >= 0.3 is 0 Å². The Morgan fingerprint density at radius 3 is 2.36 bits per heavy atom. The van der Waals surface area contributed by atoms with Crippen LogP contribution in [0.3, 0.4) is 0 Å². The monoisotopic (exact) mass is 341 g/mol. The van der Waals surface area contributed by atoms with Crippen LogP contribution in [0.25, 0.3) is 11.4 Å². The summed E-state index contributed by atoms with van der Waals surface area (Å²) in [4.78, 5) is 19.8. The summed E-state index contributed by atoms with van der Waals surface area (Å²) >= 11 is 0. The molecule has 3 heterocycles. The Labute approximate surface area is 147 Å².